The topological polar surface area (TPSA) is 63.6 Å². The van der Waals surface area contributed by atoms with E-state index in [0.29, 0.717) is 5.76 Å². The molecule has 0 fully saturated rings. The van der Waals surface area contributed by atoms with Crippen molar-refractivity contribution in [2.45, 2.75) is 0 Å². The van der Waals surface area contributed by atoms with Crippen LogP contribution in [0.1, 0.15) is 0 Å². The van der Waals surface area contributed by atoms with E-state index in [4.69, 9.17) is 4.74 Å². The van der Waals surface area contributed by atoms with Gasteiger partial charge in [0.1, 0.15) is 11.5 Å². The maximum absolute atomic E-state index is 11.5. The van der Waals surface area contributed by atoms with Gasteiger partial charge in [-0.2, -0.15) is 0 Å². The molecule has 2 aliphatic rings. The molecule has 0 aromatic carbocycles. The first-order chi connectivity index (χ1) is 7.13. The molecule has 2 aliphatic carbocycles. The van der Waals surface area contributed by atoms with Crippen LogP contribution < -0.4 is 0 Å². The van der Waals surface area contributed by atoms with E-state index in [1.807, 2.05) is 0 Å². The van der Waals surface area contributed by atoms with Crippen LogP contribution in [0.2, 0.25) is 0 Å². The summed E-state index contributed by atoms with van der Waals surface area (Å²) in [4.78, 5) is 23.0. The quantitative estimate of drug-likeness (QED) is 0.692. The lowest BCUT2D eigenvalue weighted by atomic mass is 9.77. The van der Waals surface area contributed by atoms with Crippen LogP contribution in [-0.2, 0) is 14.3 Å². The SMILES string of the molecule is COC1=CC2C(=O)C=CC(=O)C2C(O)=C1. The van der Waals surface area contributed by atoms with E-state index in [-0.39, 0.29) is 17.3 Å². The number of ether oxygens (including phenoxy) is 1. The fraction of sp³-hybridized carbons (Fsp3) is 0.273. The first kappa shape index (κ1) is 9.71. The zero-order valence-corrected chi connectivity index (χ0v) is 8.14. The molecule has 0 saturated carbocycles. The number of allylic oxidation sites excluding steroid dienone is 5. The molecular weight excluding hydrogens is 196 g/mol. The number of carbonyl (C=O) groups excluding carboxylic acids is 2. The lowest BCUT2D eigenvalue weighted by Crippen LogP contribution is -2.34. The summed E-state index contributed by atoms with van der Waals surface area (Å²) < 4.78 is 4.93. The molecule has 78 valence electrons. The molecule has 0 aliphatic heterocycles. The Morgan fingerprint density at radius 3 is 2.60 bits per heavy atom. The highest BCUT2D eigenvalue weighted by Gasteiger charge is 2.38. The second-order valence-corrected chi connectivity index (χ2v) is 3.48. The second-order valence-electron chi connectivity index (χ2n) is 3.48. The van der Waals surface area contributed by atoms with E-state index in [2.05, 4.69) is 0 Å². The zero-order valence-electron chi connectivity index (χ0n) is 8.14. The van der Waals surface area contributed by atoms with E-state index in [1.165, 1.54) is 25.3 Å². The van der Waals surface area contributed by atoms with Crippen LogP contribution in [-0.4, -0.2) is 23.8 Å². The molecule has 2 atom stereocenters. The third-order valence-corrected chi connectivity index (χ3v) is 2.59. The Morgan fingerprint density at radius 2 is 1.93 bits per heavy atom. The number of hydrogen-bond donors (Lipinski definition) is 1. The van der Waals surface area contributed by atoms with Crippen LogP contribution in [0.5, 0.6) is 0 Å². The summed E-state index contributed by atoms with van der Waals surface area (Å²) in [5.74, 6) is -1.52. The van der Waals surface area contributed by atoms with Crippen molar-refractivity contribution in [1.82, 2.24) is 0 Å². The molecule has 4 heteroatoms. The molecule has 4 nitrogen and oxygen atoms in total. The summed E-state index contributed by atoms with van der Waals surface area (Å²) in [7, 11) is 1.45. The molecule has 0 spiro atoms. The molecule has 0 saturated heterocycles. The van der Waals surface area contributed by atoms with Gasteiger partial charge in [0.2, 0.25) is 0 Å². The normalized spacial score (nSPS) is 29.4. The van der Waals surface area contributed by atoms with Gasteiger partial charge in [-0.15, -0.1) is 0 Å². The third kappa shape index (κ3) is 1.48. The predicted octanol–water partition coefficient (Wildman–Crippen LogP) is 0.913. The molecule has 0 amide bonds. The van der Waals surface area contributed by atoms with Crippen molar-refractivity contribution < 1.29 is 19.4 Å². The Morgan fingerprint density at radius 1 is 1.27 bits per heavy atom. The van der Waals surface area contributed by atoms with Gasteiger partial charge >= 0.3 is 0 Å². The molecule has 0 aromatic heterocycles. The fourth-order valence-corrected chi connectivity index (χ4v) is 1.82. The summed E-state index contributed by atoms with van der Waals surface area (Å²) in [6.07, 6.45) is 5.38. The summed E-state index contributed by atoms with van der Waals surface area (Å²) in [5.41, 5.74) is 0. The lowest BCUT2D eigenvalue weighted by molar-refractivity contribution is -0.127. The molecule has 0 bridgehead atoms. The zero-order chi connectivity index (χ0) is 11.0. The molecular formula is C11H10O4. The molecule has 15 heavy (non-hydrogen) atoms. The number of ketones is 2. The fourth-order valence-electron chi connectivity index (χ4n) is 1.82. The van der Waals surface area contributed by atoms with Crippen molar-refractivity contribution in [3.63, 3.8) is 0 Å². The smallest absolute Gasteiger partial charge is 0.167 e. The molecule has 0 aromatic rings. The lowest BCUT2D eigenvalue weighted by Gasteiger charge is -2.26. The van der Waals surface area contributed by atoms with Gasteiger partial charge in [-0.3, -0.25) is 9.59 Å². The van der Waals surface area contributed by atoms with Crippen LogP contribution in [0, 0.1) is 11.8 Å². The third-order valence-electron chi connectivity index (χ3n) is 2.59. The molecule has 0 radical (unpaired) electrons. The van der Waals surface area contributed by atoms with Gasteiger partial charge in [0.05, 0.1) is 18.9 Å². The van der Waals surface area contributed by atoms with Gasteiger partial charge in [0.15, 0.2) is 11.6 Å². The van der Waals surface area contributed by atoms with Crippen molar-refractivity contribution in [3.05, 3.63) is 35.8 Å². The van der Waals surface area contributed by atoms with Crippen LogP contribution in [0.4, 0.5) is 0 Å². The molecule has 2 unspecified atom stereocenters. The van der Waals surface area contributed by atoms with E-state index in [0.717, 1.165) is 0 Å². The Kier molecular flexibility index (Phi) is 2.19. The van der Waals surface area contributed by atoms with Gasteiger partial charge in [-0.25, -0.2) is 0 Å². The number of hydrogen-bond acceptors (Lipinski definition) is 4. The maximum atomic E-state index is 11.5. The first-order valence-electron chi connectivity index (χ1n) is 4.55. The maximum Gasteiger partial charge on any atom is 0.167 e. The van der Waals surface area contributed by atoms with Gasteiger partial charge in [0.25, 0.3) is 0 Å². The Hall–Kier alpha value is -1.84. The molecule has 0 heterocycles. The monoisotopic (exact) mass is 206 g/mol. The van der Waals surface area contributed by atoms with Crippen LogP contribution in [0.25, 0.3) is 0 Å². The van der Waals surface area contributed by atoms with Crippen LogP contribution in [0.15, 0.2) is 35.8 Å². The minimum absolute atomic E-state index is 0.109. The highest BCUT2D eigenvalue weighted by Crippen LogP contribution is 2.32. The van der Waals surface area contributed by atoms with Gasteiger partial charge in [-0.1, -0.05) is 0 Å². The Bertz CT molecular complexity index is 414. The van der Waals surface area contributed by atoms with E-state index in [1.54, 1.807) is 6.08 Å². The summed E-state index contributed by atoms with van der Waals surface area (Å²) in [5, 5.41) is 9.63. The van der Waals surface area contributed by atoms with Crippen molar-refractivity contribution >= 4 is 11.6 Å². The van der Waals surface area contributed by atoms with E-state index in [9.17, 15) is 14.7 Å². The average molecular weight is 206 g/mol. The highest BCUT2D eigenvalue weighted by atomic mass is 16.5. The summed E-state index contributed by atoms with van der Waals surface area (Å²) in [6, 6.07) is 0. The number of fused-ring (bicyclic) bond motifs is 1. The summed E-state index contributed by atoms with van der Waals surface area (Å²) in [6.45, 7) is 0. The average Bonchev–Trinajstić information content (AvgIpc) is 2.23. The van der Waals surface area contributed by atoms with E-state index < -0.39 is 11.8 Å². The Balaban J connectivity index is 2.45. The van der Waals surface area contributed by atoms with Crippen molar-refractivity contribution in [1.29, 1.82) is 0 Å². The highest BCUT2D eigenvalue weighted by molar-refractivity contribution is 6.09. The first-order valence-corrected chi connectivity index (χ1v) is 4.55. The minimum atomic E-state index is -0.763. The van der Waals surface area contributed by atoms with Gasteiger partial charge in [0, 0.05) is 6.08 Å². The largest absolute Gasteiger partial charge is 0.511 e. The van der Waals surface area contributed by atoms with Crippen LogP contribution in [0.3, 0.4) is 0 Å². The standard InChI is InChI=1S/C11H10O4/c1-15-6-4-7-8(12)2-3-9(13)11(7)10(14)5-6/h2-5,7,11,14H,1H3. The number of carbonyl (C=O) groups is 2. The second kappa shape index (κ2) is 3.38. The minimum Gasteiger partial charge on any atom is -0.511 e. The molecule has 2 rings (SSSR count). The van der Waals surface area contributed by atoms with Gasteiger partial charge in [-0.05, 0) is 18.2 Å². The number of rotatable bonds is 1. The summed E-state index contributed by atoms with van der Waals surface area (Å²) >= 11 is 0. The number of aliphatic hydroxyl groups is 1. The van der Waals surface area contributed by atoms with Crippen LogP contribution >= 0.6 is 0 Å². The van der Waals surface area contributed by atoms with Crippen molar-refractivity contribution in [3.8, 4) is 0 Å². The van der Waals surface area contributed by atoms with Crippen molar-refractivity contribution in [2.24, 2.45) is 11.8 Å². The predicted molar refractivity (Wildman–Crippen MR) is 51.9 cm³/mol. The molecule has 1 N–H and O–H groups in total. The van der Waals surface area contributed by atoms with Crippen molar-refractivity contribution in [2.75, 3.05) is 7.11 Å². The number of aliphatic hydroxyl groups excluding tert-OH is 1. The van der Waals surface area contributed by atoms with E-state index >= 15 is 0 Å². The number of methoxy groups -OCH3 is 1. The van der Waals surface area contributed by atoms with Gasteiger partial charge < -0.3 is 9.84 Å². The Labute approximate surface area is 86.5 Å².